The number of amides is 3. The van der Waals surface area contributed by atoms with E-state index in [4.69, 9.17) is 4.42 Å². The number of urea groups is 1. The summed E-state index contributed by atoms with van der Waals surface area (Å²) in [4.78, 5) is 27.8. The Bertz CT molecular complexity index is 680. The molecule has 2 saturated heterocycles. The minimum absolute atomic E-state index is 0.0626. The van der Waals surface area contributed by atoms with Gasteiger partial charge in [0.1, 0.15) is 5.54 Å². The van der Waals surface area contributed by atoms with E-state index in [-0.39, 0.29) is 23.3 Å². The number of likely N-dealkylation sites (tertiary alicyclic amines) is 1. The molecule has 8 nitrogen and oxygen atoms in total. The summed E-state index contributed by atoms with van der Waals surface area (Å²) < 4.78 is 5.78. The Labute approximate surface area is 147 Å². The fourth-order valence-electron chi connectivity index (χ4n) is 3.56. The van der Waals surface area contributed by atoms with E-state index in [1.807, 2.05) is 27.7 Å². The molecule has 0 aliphatic carbocycles. The van der Waals surface area contributed by atoms with E-state index < -0.39 is 5.54 Å². The summed E-state index contributed by atoms with van der Waals surface area (Å²) in [6, 6.07) is -0.323. The third-order valence-electron chi connectivity index (χ3n) is 5.21. The van der Waals surface area contributed by atoms with E-state index in [2.05, 4.69) is 20.4 Å². The zero-order valence-corrected chi connectivity index (χ0v) is 15.6. The van der Waals surface area contributed by atoms with Crippen molar-refractivity contribution in [2.75, 3.05) is 20.1 Å². The molecule has 2 fully saturated rings. The summed E-state index contributed by atoms with van der Waals surface area (Å²) in [6.07, 6.45) is 1.87. The van der Waals surface area contributed by atoms with Crippen LogP contribution in [0.4, 0.5) is 4.79 Å². The van der Waals surface area contributed by atoms with Crippen LogP contribution in [0.3, 0.4) is 0 Å². The Morgan fingerprint density at radius 2 is 2.04 bits per heavy atom. The summed E-state index contributed by atoms with van der Waals surface area (Å²) >= 11 is 0. The number of hydrogen-bond donors (Lipinski definition) is 1. The van der Waals surface area contributed by atoms with E-state index >= 15 is 0 Å². The van der Waals surface area contributed by atoms with Crippen molar-refractivity contribution >= 4 is 11.9 Å². The molecule has 3 amide bonds. The van der Waals surface area contributed by atoms with E-state index in [0.717, 1.165) is 19.4 Å². The summed E-state index contributed by atoms with van der Waals surface area (Å²) in [5, 5.41) is 11.2. The van der Waals surface area contributed by atoms with Crippen molar-refractivity contribution in [1.82, 2.24) is 25.3 Å². The molecule has 2 atom stereocenters. The second-order valence-electron chi connectivity index (χ2n) is 8.32. The van der Waals surface area contributed by atoms with E-state index in [9.17, 15) is 9.59 Å². The molecule has 3 rings (SSSR count). The van der Waals surface area contributed by atoms with Crippen molar-refractivity contribution in [2.45, 2.75) is 58.0 Å². The van der Waals surface area contributed by atoms with Crippen LogP contribution >= 0.6 is 0 Å². The topological polar surface area (TPSA) is 91.6 Å². The fraction of sp³-hybridized carbons (Fsp3) is 0.765. The van der Waals surface area contributed by atoms with Gasteiger partial charge in [0, 0.05) is 24.9 Å². The maximum absolute atomic E-state index is 12.5. The average molecular weight is 349 g/mol. The van der Waals surface area contributed by atoms with Gasteiger partial charge in [0.05, 0.1) is 6.54 Å². The van der Waals surface area contributed by atoms with Gasteiger partial charge in [-0.1, -0.05) is 20.8 Å². The number of nitrogens with zero attached hydrogens (tertiary/aromatic N) is 4. The molecule has 0 saturated carbocycles. The maximum atomic E-state index is 12.5. The highest BCUT2D eigenvalue weighted by Crippen LogP contribution is 2.32. The van der Waals surface area contributed by atoms with Gasteiger partial charge < -0.3 is 9.73 Å². The molecular formula is C17H27N5O3. The van der Waals surface area contributed by atoms with Crippen molar-refractivity contribution in [2.24, 2.45) is 5.92 Å². The van der Waals surface area contributed by atoms with Gasteiger partial charge in [-0.05, 0) is 26.3 Å². The lowest BCUT2D eigenvalue weighted by Gasteiger charge is -2.39. The number of aromatic nitrogens is 2. The lowest BCUT2D eigenvalue weighted by atomic mass is 9.80. The molecule has 1 N–H and O–H groups in total. The van der Waals surface area contributed by atoms with Gasteiger partial charge in [-0.25, -0.2) is 4.79 Å². The fourth-order valence-corrected chi connectivity index (χ4v) is 3.56. The van der Waals surface area contributed by atoms with Gasteiger partial charge >= 0.3 is 6.03 Å². The smallest absolute Gasteiger partial charge is 0.324 e. The Hall–Kier alpha value is -1.96. The molecule has 0 unspecified atom stereocenters. The molecule has 0 spiro atoms. The van der Waals surface area contributed by atoms with E-state index in [0.29, 0.717) is 24.9 Å². The first-order valence-electron chi connectivity index (χ1n) is 8.77. The zero-order valence-electron chi connectivity index (χ0n) is 15.6. The van der Waals surface area contributed by atoms with Gasteiger partial charge in [0.15, 0.2) is 0 Å². The lowest BCUT2D eigenvalue weighted by molar-refractivity contribution is -0.132. The number of rotatable bonds is 3. The molecule has 25 heavy (non-hydrogen) atoms. The third-order valence-corrected chi connectivity index (χ3v) is 5.21. The van der Waals surface area contributed by atoms with Crippen molar-refractivity contribution in [3.63, 3.8) is 0 Å². The van der Waals surface area contributed by atoms with E-state index in [1.165, 1.54) is 11.9 Å². The molecule has 0 radical (unpaired) electrons. The largest absolute Gasteiger partial charge is 0.423 e. The average Bonchev–Trinajstić information content (AvgIpc) is 3.08. The van der Waals surface area contributed by atoms with Crippen LogP contribution in [0.1, 0.15) is 52.3 Å². The number of piperidine rings is 1. The molecule has 1 aromatic heterocycles. The molecular weight excluding hydrogens is 322 g/mol. The van der Waals surface area contributed by atoms with Gasteiger partial charge in [-0.2, -0.15) is 0 Å². The first-order valence-corrected chi connectivity index (χ1v) is 8.77. The molecule has 1 aromatic rings. The first-order chi connectivity index (χ1) is 11.6. The van der Waals surface area contributed by atoms with Crippen molar-refractivity contribution in [1.29, 1.82) is 0 Å². The first kappa shape index (κ1) is 17.8. The quantitative estimate of drug-likeness (QED) is 0.832. The molecule has 8 heteroatoms. The highest BCUT2D eigenvalue weighted by atomic mass is 16.4. The summed E-state index contributed by atoms with van der Waals surface area (Å²) in [5.74, 6) is 1.13. The molecule has 138 valence electrons. The number of hydrogen-bond acceptors (Lipinski definition) is 6. The number of carbonyl (C=O) groups excluding carboxylic acids is 2. The zero-order chi connectivity index (χ0) is 18.4. The van der Waals surface area contributed by atoms with Crippen molar-refractivity contribution in [3.05, 3.63) is 11.8 Å². The second kappa shape index (κ2) is 6.09. The van der Waals surface area contributed by atoms with Crippen LogP contribution in [-0.2, 0) is 16.8 Å². The highest BCUT2D eigenvalue weighted by molar-refractivity contribution is 6.06. The number of carbonyl (C=O) groups is 2. The van der Waals surface area contributed by atoms with Gasteiger partial charge in [-0.3, -0.25) is 14.6 Å². The molecule has 0 aromatic carbocycles. The van der Waals surface area contributed by atoms with Crippen molar-refractivity contribution in [3.8, 4) is 0 Å². The lowest BCUT2D eigenvalue weighted by Crippen LogP contribution is -2.55. The number of nitrogens with one attached hydrogen (secondary N) is 1. The number of imide groups is 1. The third kappa shape index (κ3) is 3.27. The molecule has 2 aliphatic rings. The second-order valence-corrected chi connectivity index (χ2v) is 8.32. The SMILES string of the molecule is CN1C(=O)N[C@@](C)([C@@H]2CCCN(Cc3nnc(C(C)(C)C)o3)C2)C1=O. The summed E-state index contributed by atoms with van der Waals surface area (Å²) in [7, 11) is 1.52. The van der Waals surface area contributed by atoms with Crippen LogP contribution in [0.2, 0.25) is 0 Å². The Morgan fingerprint density at radius 3 is 2.60 bits per heavy atom. The van der Waals surface area contributed by atoms with E-state index in [1.54, 1.807) is 0 Å². The van der Waals surface area contributed by atoms with Gasteiger partial charge in [0.25, 0.3) is 5.91 Å². The van der Waals surface area contributed by atoms with Crippen LogP contribution in [0.15, 0.2) is 4.42 Å². The summed E-state index contributed by atoms with van der Waals surface area (Å²) in [5.41, 5.74) is -1.01. The van der Waals surface area contributed by atoms with Gasteiger partial charge in [0.2, 0.25) is 11.8 Å². The highest BCUT2D eigenvalue weighted by Gasteiger charge is 2.51. The normalized spacial score (nSPS) is 28.5. The molecule has 3 heterocycles. The number of likely N-dealkylation sites (N-methyl/N-ethyl adjacent to an activating group) is 1. The van der Waals surface area contributed by atoms with Crippen LogP contribution in [0, 0.1) is 5.92 Å². The Balaban J connectivity index is 1.69. The van der Waals surface area contributed by atoms with Crippen LogP contribution in [0.5, 0.6) is 0 Å². The van der Waals surface area contributed by atoms with Crippen LogP contribution in [0.25, 0.3) is 0 Å². The maximum Gasteiger partial charge on any atom is 0.324 e. The van der Waals surface area contributed by atoms with Gasteiger partial charge in [-0.15, -0.1) is 10.2 Å². The Kier molecular flexibility index (Phi) is 4.35. The minimum atomic E-state index is -0.837. The molecule has 2 aliphatic heterocycles. The predicted molar refractivity (Wildman–Crippen MR) is 90.7 cm³/mol. The summed E-state index contributed by atoms with van der Waals surface area (Å²) in [6.45, 7) is 10.1. The van der Waals surface area contributed by atoms with Crippen LogP contribution in [-0.4, -0.2) is 57.6 Å². The molecule has 0 bridgehead atoms. The van der Waals surface area contributed by atoms with Crippen LogP contribution < -0.4 is 5.32 Å². The monoisotopic (exact) mass is 349 g/mol. The standard InChI is InChI=1S/C17H27N5O3/c1-16(2,3)13-20-19-12(25-13)10-22-8-6-7-11(9-22)17(4)14(23)21(5)15(24)18-17/h11H,6-10H2,1-5H3,(H,18,24)/t11-,17+/m1/s1. The minimum Gasteiger partial charge on any atom is -0.423 e. The van der Waals surface area contributed by atoms with Crippen molar-refractivity contribution < 1.29 is 14.0 Å². The Morgan fingerprint density at radius 1 is 1.32 bits per heavy atom. The predicted octanol–water partition coefficient (Wildman–Crippen LogP) is 1.52.